The molecule has 0 spiro atoms. The molecule has 1 aromatic rings. The predicted molar refractivity (Wildman–Crippen MR) is 72.0 cm³/mol. The zero-order chi connectivity index (χ0) is 15.2. The number of pyridine rings is 1. The minimum atomic E-state index is -1.06. The van der Waals surface area contributed by atoms with E-state index in [1.54, 1.807) is 18.3 Å². The number of nitrogens with zero attached hydrogens (tertiary/aromatic N) is 2. The summed E-state index contributed by atoms with van der Waals surface area (Å²) in [6.07, 6.45) is 0.644. The molecule has 0 radical (unpaired) electrons. The lowest BCUT2D eigenvalue weighted by Crippen LogP contribution is -2.51. The van der Waals surface area contributed by atoms with Crippen molar-refractivity contribution in [1.29, 1.82) is 0 Å². The van der Waals surface area contributed by atoms with Gasteiger partial charge in [-0.2, -0.15) is 0 Å². The molecular weight excluding hydrogens is 278 g/mol. The van der Waals surface area contributed by atoms with Gasteiger partial charge in [0.1, 0.15) is 0 Å². The molecule has 1 atom stereocenters. The lowest BCUT2D eigenvalue weighted by molar-refractivity contribution is -0.154. The number of rotatable bonds is 4. The molecule has 21 heavy (non-hydrogen) atoms. The van der Waals surface area contributed by atoms with E-state index in [9.17, 15) is 9.59 Å². The van der Waals surface area contributed by atoms with Crippen LogP contribution in [0.4, 0.5) is 4.79 Å². The van der Waals surface area contributed by atoms with Crippen molar-refractivity contribution in [1.82, 2.24) is 15.2 Å². The van der Waals surface area contributed by atoms with Gasteiger partial charge in [-0.25, -0.2) is 14.6 Å². The minimum absolute atomic E-state index is 0.0437. The number of morpholine rings is 1. The summed E-state index contributed by atoms with van der Waals surface area (Å²) in [5.74, 6) is -0.561. The zero-order valence-electron chi connectivity index (χ0n) is 11.6. The largest absolute Gasteiger partial charge is 0.481 e. The number of carboxylic acid groups (broad SMARTS) is 1. The molecule has 1 aromatic heterocycles. The van der Waals surface area contributed by atoms with Crippen LogP contribution in [-0.4, -0.2) is 59.9 Å². The molecule has 2 N–H and O–H groups in total. The van der Waals surface area contributed by atoms with Gasteiger partial charge in [0, 0.05) is 25.4 Å². The smallest absolute Gasteiger partial charge is 0.334 e. The van der Waals surface area contributed by atoms with E-state index in [0.717, 1.165) is 5.56 Å². The number of ether oxygens (including phenoxy) is 2. The third kappa shape index (κ3) is 4.06. The highest BCUT2D eigenvalue weighted by atomic mass is 16.5. The number of carbonyl (C=O) groups is 2. The Morgan fingerprint density at radius 2 is 2.38 bits per heavy atom. The summed E-state index contributed by atoms with van der Waals surface area (Å²) in [5, 5.41) is 11.6. The summed E-state index contributed by atoms with van der Waals surface area (Å²) in [6.45, 7) is 0.942. The number of hydrogen-bond acceptors (Lipinski definition) is 5. The Hall–Kier alpha value is -2.35. The molecule has 1 fully saturated rings. The van der Waals surface area contributed by atoms with E-state index in [1.807, 2.05) is 0 Å². The van der Waals surface area contributed by atoms with E-state index in [0.29, 0.717) is 19.0 Å². The molecule has 1 unspecified atom stereocenters. The molecule has 8 heteroatoms. The molecule has 0 saturated carbocycles. The van der Waals surface area contributed by atoms with Crippen LogP contribution in [0.2, 0.25) is 0 Å². The van der Waals surface area contributed by atoms with E-state index >= 15 is 0 Å². The summed E-state index contributed by atoms with van der Waals surface area (Å²) < 4.78 is 10.0. The van der Waals surface area contributed by atoms with Crippen LogP contribution in [0.15, 0.2) is 18.3 Å². The molecule has 0 bridgehead atoms. The van der Waals surface area contributed by atoms with Gasteiger partial charge in [-0.3, -0.25) is 0 Å². The molecule has 2 rings (SSSR count). The maximum Gasteiger partial charge on any atom is 0.334 e. The normalized spacial score (nSPS) is 18.1. The SMILES string of the molecule is COc1ccc(CNC(=O)N2CCOC(C(=O)O)C2)cn1. The number of urea groups is 1. The average molecular weight is 295 g/mol. The number of carboxylic acids is 1. The van der Waals surface area contributed by atoms with Crippen molar-refractivity contribution in [3.05, 3.63) is 23.9 Å². The summed E-state index contributed by atoms with van der Waals surface area (Å²) >= 11 is 0. The van der Waals surface area contributed by atoms with Crippen molar-refractivity contribution in [2.75, 3.05) is 26.8 Å². The third-order valence-corrected chi connectivity index (χ3v) is 3.08. The fraction of sp³-hybridized carbons (Fsp3) is 0.462. The highest BCUT2D eigenvalue weighted by Crippen LogP contribution is 2.08. The molecule has 2 amide bonds. The zero-order valence-corrected chi connectivity index (χ0v) is 11.6. The van der Waals surface area contributed by atoms with Gasteiger partial charge in [0.25, 0.3) is 0 Å². The molecule has 8 nitrogen and oxygen atoms in total. The number of hydrogen-bond donors (Lipinski definition) is 2. The van der Waals surface area contributed by atoms with Gasteiger partial charge in [0.15, 0.2) is 6.10 Å². The molecule has 1 aliphatic rings. The quantitative estimate of drug-likeness (QED) is 0.816. The topological polar surface area (TPSA) is 101 Å². The van der Waals surface area contributed by atoms with Crippen molar-refractivity contribution in [3.63, 3.8) is 0 Å². The monoisotopic (exact) mass is 295 g/mol. The van der Waals surface area contributed by atoms with Gasteiger partial charge >= 0.3 is 12.0 Å². The standard InChI is InChI=1S/C13H17N3O5/c1-20-11-3-2-9(6-14-11)7-15-13(19)16-4-5-21-10(8-16)12(17)18/h2-3,6,10H,4-5,7-8H2,1H3,(H,15,19)(H,17,18). The molecule has 0 aliphatic carbocycles. The van der Waals surface area contributed by atoms with Crippen LogP contribution in [0.5, 0.6) is 5.88 Å². The van der Waals surface area contributed by atoms with E-state index in [-0.39, 0.29) is 19.2 Å². The van der Waals surface area contributed by atoms with Crippen molar-refractivity contribution < 1.29 is 24.2 Å². The molecular formula is C13H17N3O5. The maximum atomic E-state index is 12.0. The number of amides is 2. The maximum absolute atomic E-state index is 12.0. The molecule has 1 saturated heterocycles. The molecule has 114 valence electrons. The summed E-state index contributed by atoms with van der Waals surface area (Å²) in [4.78, 5) is 28.3. The van der Waals surface area contributed by atoms with Crippen molar-refractivity contribution in [2.24, 2.45) is 0 Å². The Bertz CT molecular complexity index is 505. The Kier molecular flexibility index (Phi) is 4.94. The lowest BCUT2D eigenvalue weighted by Gasteiger charge is -2.30. The summed E-state index contributed by atoms with van der Waals surface area (Å²) in [7, 11) is 1.53. The van der Waals surface area contributed by atoms with Crippen molar-refractivity contribution in [2.45, 2.75) is 12.6 Å². The van der Waals surface area contributed by atoms with Crippen LogP contribution >= 0.6 is 0 Å². The van der Waals surface area contributed by atoms with Gasteiger partial charge in [0.05, 0.1) is 20.3 Å². The number of aliphatic carboxylic acids is 1. The van der Waals surface area contributed by atoms with E-state index in [4.69, 9.17) is 14.6 Å². The number of aromatic nitrogens is 1. The van der Waals surface area contributed by atoms with Crippen LogP contribution < -0.4 is 10.1 Å². The number of nitrogens with one attached hydrogen (secondary N) is 1. The van der Waals surface area contributed by atoms with Crippen LogP contribution in [0.25, 0.3) is 0 Å². The van der Waals surface area contributed by atoms with E-state index < -0.39 is 12.1 Å². The van der Waals surface area contributed by atoms with Crippen LogP contribution in [-0.2, 0) is 16.1 Å². The van der Waals surface area contributed by atoms with Crippen LogP contribution in [0, 0.1) is 0 Å². The second-order valence-electron chi connectivity index (χ2n) is 4.51. The van der Waals surface area contributed by atoms with Crippen molar-refractivity contribution >= 4 is 12.0 Å². The first-order chi connectivity index (χ1) is 10.1. The Morgan fingerprint density at radius 1 is 1.57 bits per heavy atom. The summed E-state index contributed by atoms with van der Waals surface area (Å²) in [6, 6.07) is 3.18. The van der Waals surface area contributed by atoms with E-state index in [2.05, 4.69) is 10.3 Å². The Morgan fingerprint density at radius 3 is 3.00 bits per heavy atom. The first-order valence-corrected chi connectivity index (χ1v) is 6.46. The van der Waals surface area contributed by atoms with Gasteiger partial charge in [-0.1, -0.05) is 6.07 Å². The molecule has 2 heterocycles. The molecule has 0 aromatic carbocycles. The minimum Gasteiger partial charge on any atom is -0.481 e. The number of methoxy groups -OCH3 is 1. The summed E-state index contributed by atoms with van der Waals surface area (Å²) in [5.41, 5.74) is 0.826. The van der Waals surface area contributed by atoms with E-state index in [1.165, 1.54) is 12.0 Å². The Labute approximate surface area is 121 Å². The van der Waals surface area contributed by atoms with Gasteiger partial charge in [-0.05, 0) is 5.56 Å². The highest BCUT2D eigenvalue weighted by Gasteiger charge is 2.28. The third-order valence-electron chi connectivity index (χ3n) is 3.08. The Balaban J connectivity index is 1.84. The van der Waals surface area contributed by atoms with Gasteiger partial charge in [0.2, 0.25) is 5.88 Å². The lowest BCUT2D eigenvalue weighted by atomic mass is 10.2. The first kappa shape index (κ1) is 15.0. The fourth-order valence-electron chi connectivity index (χ4n) is 1.91. The predicted octanol–water partition coefficient (Wildman–Crippen LogP) is 0.0852. The number of carbonyl (C=O) groups excluding carboxylic acids is 1. The van der Waals surface area contributed by atoms with Crippen LogP contribution in [0.1, 0.15) is 5.56 Å². The van der Waals surface area contributed by atoms with Gasteiger partial charge < -0.3 is 24.8 Å². The second-order valence-corrected chi connectivity index (χ2v) is 4.51. The van der Waals surface area contributed by atoms with Crippen LogP contribution in [0.3, 0.4) is 0 Å². The van der Waals surface area contributed by atoms with Gasteiger partial charge in [-0.15, -0.1) is 0 Å². The molecule has 1 aliphatic heterocycles. The highest BCUT2D eigenvalue weighted by molar-refractivity contribution is 5.77. The fourth-order valence-corrected chi connectivity index (χ4v) is 1.91. The second kappa shape index (κ2) is 6.89. The average Bonchev–Trinajstić information content (AvgIpc) is 2.53. The van der Waals surface area contributed by atoms with Crippen molar-refractivity contribution in [3.8, 4) is 5.88 Å². The first-order valence-electron chi connectivity index (χ1n) is 6.46.